The molecule has 0 unspecified atom stereocenters. The molecule has 0 radical (unpaired) electrons. The second-order valence-corrected chi connectivity index (χ2v) is 2.11. The molecule has 4 heteroatoms. The van der Waals surface area contributed by atoms with Crippen LogP contribution in [0.15, 0.2) is 0 Å². The van der Waals surface area contributed by atoms with Gasteiger partial charge in [0.1, 0.15) is 0 Å². The Hall–Kier alpha value is 0.170. The zero-order chi connectivity index (χ0) is 8.04. The van der Waals surface area contributed by atoms with Crippen molar-refractivity contribution in [2.24, 2.45) is 0 Å². The van der Waals surface area contributed by atoms with E-state index in [0.717, 1.165) is 0 Å². The van der Waals surface area contributed by atoms with Crippen LogP contribution in [0.25, 0.3) is 0 Å². The SMILES string of the molecule is COC(CCCl)(OC)OC. The van der Waals surface area contributed by atoms with E-state index in [9.17, 15) is 0 Å². The second-order valence-electron chi connectivity index (χ2n) is 1.73. The van der Waals surface area contributed by atoms with Crippen LogP contribution < -0.4 is 0 Å². The van der Waals surface area contributed by atoms with Gasteiger partial charge in [0, 0.05) is 33.6 Å². The highest BCUT2D eigenvalue weighted by atomic mass is 35.5. The van der Waals surface area contributed by atoms with E-state index in [2.05, 4.69) is 0 Å². The molecule has 0 rings (SSSR count). The fourth-order valence-corrected chi connectivity index (χ4v) is 0.903. The third-order valence-electron chi connectivity index (χ3n) is 1.33. The van der Waals surface area contributed by atoms with Gasteiger partial charge in [-0.25, -0.2) is 0 Å². The fraction of sp³-hybridized carbons (Fsp3) is 1.00. The van der Waals surface area contributed by atoms with Crippen molar-refractivity contribution in [1.29, 1.82) is 0 Å². The van der Waals surface area contributed by atoms with E-state index in [1.165, 1.54) is 21.3 Å². The Morgan fingerprint density at radius 2 is 1.50 bits per heavy atom. The van der Waals surface area contributed by atoms with Gasteiger partial charge in [-0.1, -0.05) is 0 Å². The largest absolute Gasteiger partial charge is 0.331 e. The van der Waals surface area contributed by atoms with Gasteiger partial charge in [0.25, 0.3) is 5.97 Å². The van der Waals surface area contributed by atoms with Crippen LogP contribution in [0.5, 0.6) is 0 Å². The molecule has 0 N–H and O–H groups in total. The zero-order valence-corrected chi connectivity index (χ0v) is 7.27. The Kier molecular flexibility index (Phi) is 4.99. The summed E-state index contributed by atoms with van der Waals surface area (Å²) < 4.78 is 14.8. The summed E-state index contributed by atoms with van der Waals surface area (Å²) >= 11 is 5.48. The molecule has 0 amide bonds. The third-order valence-corrected chi connectivity index (χ3v) is 1.52. The standard InChI is InChI=1S/C6H13ClO3/c1-8-6(9-2,10-3)4-5-7/h4-5H2,1-3H3. The molecule has 0 aromatic rings. The first kappa shape index (κ1) is 10.2. The molecule has 0 aromatic heterocycles. The van der Waals surface area contributed by atoms with Crippen molar-refractivity contribution in [3.05, 3.63) is 0 Å². The minimum absolute atomic E-state index is 0.440. The second kappa shape index (κ2) is 4.91. The summed E-state index contributed by atoms with van der Waals surface area (Å²) in [5, 5.41) is 0. The molecule has 3 nitrogen and oxygen atoms in total. The summed E-state index contributed by atoms with van der Waals surface area (Å²) in [5.74, 6) is -0.517. The van der Waals surface area contributed by atoms with Gasteiger partial charge in [0.15, 0.2) is 0 Å². The average molecular weight is 169 g/mol. The van der Waals surface area contributed by atoms with E-state index < -0.39 is 5.97 Å². The summed E-state index contributed by atoms with van der Waals surface area (Å²) in [6.07, 6.45) is 0.512. The van der Waals surface area contributed by atoms with E-state index in [1.807, 2.05) is 0 Å². The van der Waals surface area contributed by atoms with E-state index in [4.69, 9.17) is 25.8 Å². The molecule has 0 fully saturated rings. The molecular weight excluding hydrogens is 156 g/mol. The first-order chi connectivity index (χ1) is 4.74. The number of halogens is 1. The number of ether oxygens (including phenoxy) is 3. The Bertz CT molecular complexity index is 74.8. The van der Waals surface area contributed by atoms with Gasteiger partial charge in [-0.3, -0.25) is 0 Å². The maximum Gasteiger partial charge on any atom is 0.283 e. The lowest BCUT2D eigenvalue weighted by Gasteiger charge is -2.27. The first-order valence-electron chi connectivity index (χ1n) is 2.96. The van der Waals surface area contributed by atoms with E-state index in [0.29, 0.717) is 12.3 Å². The van der Waals surface area contributed by atoms with Crippen LogP contribution in [-0.4, -0.2) is 33.2 Å². The normalized spacial score (nSPS) is 12.0. The Labute approximate surface area is 66.2 Å². The maximum absolute atomic E-state index is 5.48. The summed E-state index contributed by atoms with van der Waals surface area (Å²) in [5.41, 5.74) is 0. The molecule has 0 bridgehead atoms. The lowest BCUT2D eigenvalue weighted by Crippen LogP contribution is -2.36. The molecule has 0 aliphatic heterocycles. The highest BCUT2D eigenvalue weighted by molar-refractivity contribution is 6.17. The van der Waals surface area contributed by atoms with Gasteiger partial charge < -0.3 is 14.2 Å². The Balaban J connectivity index is 3.87. The molecule has 0 aliphatic rings. The smallest absolute Gasteiger partial charge is 0.283 e. The molecule has 0 saturated carbocycles. The molecule has 0 aromatic carbocycles. The summed E-state index contributed by atoms with van der Waals surface area (Å²) in [7, 11) is 4.54. The van der Waals surface area contributed by atoms with Crippen LogP contribution in [0, 0.1) is 0 Å². The Morgan fingerprint density at radius 3 is 1.60 bits per heavy atom. The van der Waals surface area contributed by atoms with Crippen LogP contribution in [0.1, 0.15) is 6.42 Å². The van der Waals surface area contributed by atoms with Crippen molar-refractivity contribution in [2.75, 3.05) is 27.2 Å². The molecule has 0 aliphatic carbocycles. The van der Waals surface area contributed by atoms with Crippen LogP contribution in [0.2, 0.25) is 0 Å². The third kappa shape index (κ3) is 2.42. The van der Waals surface area contributed by atoms with Crippen LogP contribution in [0.3, 0.4) is 0 Å². The lowest BCUT2D eigenvalue weighted by atomic mass is 10.4. The van der Waals surface area contributed by atoms with Gasteiger partial charge in [0.2, 0.25) is 0 Å². The molecule has 10 heavy (non-hydrogen) atoms. The van der Waals surface area contributed by atoms with E-state index in [-0.39, 0.29) is 0 Å². The number of alkyl halides is 1. The first-order valence-corrected chi connectivity index (χ1v) is 3.49. The molecule has 0 heterocycles. The van der Waals surface area contributed by atoms with Crippen molar-refractivity contribution in [3.63, 3.8) is 0 Å². The van der Waals surface area contributed by atoms with Gasteiger partial charge in [-0.15, -0.1) is 11.6 Å². The molecule has 0 saturated heterocycles. The molecule has 0 spiro atoms. The number of hydrogen-bond acceptors (Lipinski definition) is 3. The summed E-state index contributed by atoms with van der Waals surface area (Å²) in [6, 6.07) is 0. The number of rotatable bonds is 5. The van der Waals surface area contributed by atoms with Crippen molar-refractivity contribution in [3.8, 4) is 0 Å². The van der Waals surface area contributed by atoms with Crippen LogP contribution in [-0.2, 0) is 14.2 Å². The van der Waals surface area contributed by atoms with Crippen molar-refractivity contribution in [2.45, 2.75) is 12.4 Å². The predicted octanol–water partition coefficient (Wildman–Crippen LogP) is 1.21. The van der Waals surface area contributed by atoms with E-state index in [1.54, 1.807) is 0 Å². The van der Waals surface area contributed by atoms with Crippen molar-refractivity contribution >= 4 is 11.6 Å². The Morgan fingerprint density at radius 1 is 1.10 bits per heavy atom. The minimum atomic E-state index is -0.957. The fourth-order valence-electron chi connectivity index (χ4n) is 0.672. The van der Waals surface area contributed by atoms with Gasteiger partial charge in [-0.05, 0) is 0 Å². The molecular formula is C6H13ClO3. The topological polar surface area (TPSA) is 27.7 Å². The van der Waals surface area contributed by atoms with E-state index >= 15 is 0 Å². The highest BCUT2D eigenvalue weighted by Crippen LogP contribution is 2.16. The van der Waals surface area contributed by atoms with Gasteiger partial charge in [0.05, 0.1) is 0 Å². The zero-order valence-electron chi connectivity index (χ0n) is 6.52. The van der Waals surface area contributed by atoms with Crippen molar-refractivity contribution in [1.82, 2.24) is 0 Å². The maximum atomic E-state index is 5.48. The summed E-state index contributed by atoms with van der Waals surface area (Å²) in [4.78, 5) is 0. The van der Waals surface area contributed by atoms with Crippen molar-refractivity contribution < 1.29 is 14.2 Å². The van der Waals surface area contributed by atoms with Gasteiger partial charge in [-0.2, -0.15) is 0 Å². The molecule has 0 atom stereocenters. The predicted molar refractivity (Wildman–Crippen MR) is 39.1 cm³/mol. The quantitative estimate of drug-likeness (QED) is 0.456. The lowest BCUT2D eigenvalue weighted by molar-refractivity contribution is -0.352. The monoisotopic (exact) mass is 168 g/mol. The number of hydrogen-bond donors (Lipinski definition) is 0. The van der Waals surface area contributed by atoms with Gasteiger partial charge >= 0.3 is 0 Å². The highest BCUT2D eigenvalue weighted by Gasteiger charge is 2.28. The minimum Gasteiger partial charge on any atom is -0.331 e. The summed E-state index contributed by atoms with van der Waals surface area (Å²) in [6.45, 7) is 0. The number of methoxy groups -OCH3 is 3. The average Bonchev–Trinajstić information content (AvgIpc) is 2.01. The molecule has 62 valence electrons. The van der Waals surface area contributed by atoms with Crippen LogP contribution in [0.4, 0.5) is 0 Å². The van der Waals surface area contributed by atoms with Crippen LogP contribution >= 0.6 is 11.6 Å².